The molecule has 0 bridgehead atoms. The summed E-state index contributed by atoms with van der Waals surface area (Å²) in [5.41, 5.74) is 6.77. The van der Waals surface area contributed by atoms with Crippen LogP contribution in [0.5, 0.6) is 0 Å². The fourth-order valence-corrected chi connectivity index (χ4v) is 2.31. The molecule has 2 aromatic rings. The molecular weight excluding hydrogens is 192 g/mol. The number of anilines is 1. The van der Waals surface area contributed by atoms with E-state index >= 15 is 0 Å². The summed E-state index contributed by atoms with van der Waals surface area (Å²) in [6.45, 7) is 2.74. The molecule has 1 atom stereocenters. The molecule has 0 aliphatic carbocycles. The average Bonchev–Trinajstić information content (AvgIpc) is 2.66. The SMILES string of the molecule is CC(CN)Nc1cccc2ccsc12. The lowest BCUT2D eigenvalue weighted by Gasteiger charge is -2.13. The summed E-state index contributed by atoms with van der Waals surface area (Å²) in [5, 5.41) is 6.82. The Hall–Kier alpha value is -1.06. The first-order valence-corrected chi connectivity index (χ1v) is 5.62. The highest BCUT2D eigenvalue weighted by atomic mass is 32.1. The van der Waals surface area contributed by atoms with E-state index in [4.69, 9.17) is 5.73 Å². The second-order valence-electron chi connectivity index (χ2n) is 3.43. The van der Waals surface area contributed by atoms with Gasteiger partial charge in [0.05, 0.1) is 10.4 Å². The molecule has 0 spiro atoms. The van der Waals surface area contributed by atoms with Gasteiger partial charge in [-0.2, -0.15) is 0 Å². The quantitative estimate of drug-likeness (QED) is 0.810. The molecule has 74 valence electrons. The fourth-order valence-electron chi connectivity index (χ4n) is 1.43. The van der Waals surface area contributed by atoms with Crippen LogP contribution >= 0.6 is 11.3 Å². The molecule has 0 radical (unpaired) electrons. The molecule has 0 fully saturated rings. The molecule has 14 heavy (non-hydrogen) atoms. The van der Waals surface area contributed by atoms with Crippen LogP contribution in [0.25, 0.3) is 10.1 Å². The van der Waals surface area contributed by atoms with Gasteiger partial charge in [-0.05, 0) is 29.8 Å². The fraction of sp³-hybridized carbons (Fsp3) is 0.273. The second kappa shape index (κ2) is 3.98. The zero-order chi connectivity index (χ0) is 9.97. The second-order valence-corrected chi connectivity index (χ2v) is 4.34. The number of nitrogens with one attached hydrogen (secondary N) is 1. The first-order chi connectivity index (χ1) is 6.81. The third-order valence-electron chi connectivity index (χ3n) is 2.23. The lowest BCUT2D eigenvalue weighted by molar-refractivity contribution is 0.805. The van der Waals surface area contributed by atoms with Crippen LogP contribution in [0.15, 0.2) is 29.6 Å². The van der Waals surface area contributed by atoms with Crippen LogP contribution in [0.3, 0.4) is 0 Å². The number of rotatable bonds is 3. The molecule has 2 rings (SSSR count). The van der Waals surface area contributed by atoms with Crippen molar-refractivity contribution in [3.05, 3.63) is 29.6 Å². The highest BCUT2D eigenvalue weighted by Gasteiger charge is 2.03. The van der Waals surface area contributed by atoms with E-state index in [1.165, 1.54) is 15.8 Å². The van der Waals surface area contributed by atoms with Gasteiger partial charge in [-0.3, -0.25) is 0 Å². The van der Waals surface area contributed by atoms with Crippen LogP contribution in [-0.4, -0.2) is 12.6 Å². The Morgan fingerprint density at radius 1 is 1.43 bits per heavy atom. The van der Waals surface area contributed by atoms with Gasteiger partial charge in [0.25, 0.3) is 0 Å². The molecule has 0 amide bonds. The molecule has 0 aliphatic heterocycles. The normalized spacial score (nSPS) is 13.0. The van der Waals surface area contributed by atoms with E-state index in [1.807, 2.05) is 0 Å². The number of thiophene rings is 1. The molecule has 1 heterocycles. The molecule has 0 aliphatic rings. The molecule has 1 aromatic carbocycles. The Labute approximate surface area is 87.7 Å². The van der Waals surface area contributed by atoms with Crippen molar-refractivity contribution in [1.29, 1.82) is 0 Å². The standard InChI is InChI=1S/C11H14N2S/c1-8(7-12)13-10-4-2-3-9-5-6-14-11(9)10/h2-6,8,13H,7,12H2,1H3. The zero-order valence-corrected chi connectivity index (χ0v) is 8.97. The molecule has 0 saturated carbocycles. The Morgan fingerprint density at radius 3 is 3.07 bits per heavy atom. The summed E-state index contributed by atoms with van der Waals surface area (Å²) in [6, 6.07) is 8.76. The zero-order valence-electron chi connectivity index (χ0n) is 8.16. The van der Waals surface area contributed by atoms with E-state index in [1.54, 1.807) is 11.3 Å². The van der Waals surface area contributed by atoms with Gasteiger partial charge < -0.3 is 11.1 Å². The first kappa shape index (κ1) is 9.49. The van der Waals surface area contributed by atoms with Gasteiger partial charge in [0.1, 0.15) is 0 Å². The maximum atomic E-state index is 5.58. The number of hydrogen-bond acceptors (Lipinski definition) is 3. The summed E-state index contributed by atoms with van der Waals surface area (Å²) < 4.78 is 1.31. The van der Waals surface area contributed by atoms with E-state index < -0.39 is 0 Å². The van der Waals surface area contributed by atoms with Gasteiger partial charge in [-0.25, -0.2) is 0 Å². The van der Waals surface area contributed by atoms with Gasteiger partial charge in [0.2, 0.25) is 0 Å². The topological polar surface area (TPSA) is 38.0 Å². The lowest BCUT2D eigenvalue weighted by Crippen LogP contribution is -2.25. The molecule has 3 heteroatoms. The minimum absolute atomic E-state index is 0.322. The predicted molar refractivity (Wildman–Crippen MR) is 64.0 cm³/mol. The first-order valence-electron chi connectivity index (χ1n) is 4.74. The van der Waals surface area contributed by atoms with Crippen molar-refractivity contribution < 1.29 is 0 Å². The summed E-state index contributed by atoms with van der Waals surface area (Å²) >= 11 is 1.76. The van der Waals surface area contributed by atoms with Crippen molar-refractivity contribution in [2.24, 2.45) is 5.73 Å². The minimum atomic E-state index is 0.322. The van der Waals surface area contributed by atoms with E-state index in [9.17, 15) is 0 Å². The van der Waals surface area contributed by atoms with Crippen molar-refractivity contribution in [1.82, 2.24) is 0 Å². The Kier molecular flexibility index (Phi) is 2.70. The van der Waals surface area contributed by atoms with Crippen molar-refractivity contribution in [2.75, 3.05) is 11.9 Å². The van der Waals surface area contributed by atoms with Gasteiger partial charge in [0, 0.05) is 12.6 Å². The van der Waals surface area contributed by atoms with E-state index in [-0.39, 0.29) is 0 Å². The maximum Gasteiger partial charge on any atom is 0.0574 e. The highest BCUT2D eigenvalue weighted by molar-refractivity contribution is 7.17. The number of fused-ring (bicyclic) bond motifs is 1. The summed E-state index contributed by atoms with van der Waals surface area (Å²) in [6.07, 6.45) is 0. The van der Waals surface area contributed by atoms with Crippen LogP contribution < -0.4 is 11.1 Å². The third-order valence-corrected chi connectivity index (χ3v) is 3.20. The van der Waals surface area contributed by atoms with E-state index in [0.29, 0.717) is 12.6 Å². The van der Waals surface area contributed by atoms with Crippen LogP contribution in [0.4, 0.5) is 5.69 Å². The van der Waals surface area contributed by atoms with E-state index in [0.717, 1.165) is 0 Å². The van der Waals surface area contributed by atoms with Crippen molar-refractivity contribution in [3.63, 3.8) is 0 Å². The Morgan fingerprint density at radius 2 is 2.29 bits per heavy atom. The monoisotopic (exact) mass is 206 g/mol. The van der Waals surface area contributed by atoms with Gasteiger partial charge >= 0.3 is 0 Å². The van der Waals surface area contributed by atoms with Crippen LogP contribution in [0, 0.1) is 0 Å². The Balaban J connectivity index is 2.36. The number of nitrogens with two attached hydrogens (primary N) is 1. The van der Waals surface area contributed by atoms with Crippen LogP contribution in [0.1, 0.15) is 6.92 Å². The van der Waals surface area contributed by atoms with Crippen LogP contribution in [0.2, 0.25) is 0 Å². The smallest absolute Gasteiger partial charge is 0.0574 e. The van der Waals surface area contributed by atoms with Gasteiger partial charge in [0.15, 0.2) is 0 Å². The Bertz CT molecular complexity index is 422. The maximum absolute atomic E-state index is 5.58. The lowest BCUT2D eigenvalue weighted by atomic mass is 10.2. The highest BCUT2D eigenvalue weighted by Crippen LogP contribution is 2.28. The number of benzene rings is 1. The molecule has 1 unspecified atom stereocenters. The summed E-state index contributed by atoms with van der Waals surface area (Å²) in [4.78, 5) is 0. The summed E-state index contributed by atoms with van der Waals surface area (Å²) in [7, 11) is 0. The van der Waals surface area contributed by atoms with Crippen molar-refractivity contribution >= 4 is 27.1 Å². The molecular formula is C11H14N2S. The molecule has 1 aromatic heterocycles. The average molecular weight is 206 g/mol. The largest absolute Gasteiger partial charge is 0.380 e. The van der Waals surface area contributed by atoms with Crippen molar-refractivity contribution in [2.45, 2.75) is 13.0 Å². The molecule has 3 N–H and O–H groups in total. The minimum Gasteiger partial charge on any atom is -0.380 e. The predicted octanol–water partition coefficient (Wildman–Crippen LogP) is 2.66. The molecule has 2 nitrogen and oxygen atoms in total. The number of hydrogen-bond donors (Lipinski definition) is 2. The summed E-state index contributed by atoms with van der Waals surface area (Å²) in [5.74, 6) is 0. The van der Waals surface area contributed by atoms with Gasteiger partial charge in [-0.1, -0.05) is 12.1 Å². The third kappa shape index (κ3) is 1.74. The van der Waals surface area contributed by atoms with Gasteiger partial charge in [-0.15, -0.1) is 11.3 Å². The van der Waals surface area contributed by atoms with Crippen molar-refractivity contribution in [3.8, 4) is 0 Å². The van der Waals surface area contributed by atoms with Crippen LogP contribution in [-0.2, 0) is 0 Å². The molecule has 0 saturated heterocycles. The van der Waals surface area contributed by atoms with E-state index in [2.05, 4.69) is 41.9 Å².